The zero-order chi connectivity index (χ0) is 30.8. The van der Waals surface area contributed by atoms with Crippen molar-refractivity contribution in [3.05, 3.63) is 192 Å². The van der Waals surface area contributed by atoms with Gasteiger partial charge in [-0.25, -0.2) is 39.9 Å². The third-order valence-electron chi connectivity index (χ3n) is 8.10. The summed E-state index contributed by atoms with van der Waals surface area (Å²) < 4.78 is 0. The van der Waals surface area contributed by atoms with Gasteiger partial charge in [-0.3, -0.25) is 0 Å². The fraction of sp³-hybridized carbons (Fsp3) is 0.0526. The molecule has 4 aromatic carbocycles. The van der Waals surface area contributed by atoms with E-state index in [9.17, 15) is 0 Å². The van der Waals surface area contributed by atoms with Gasteiger partial charge in [-0.2, -0.15) is 0 Å². The second kappa shape index (κ2) is 11.3. The van der Waals surface area contributed by atoms with Crippen molar-refractivity contribution in [2.45, 2.75) is 11.3 Å². The van der Waals surface area contributed by atoms with Crippen molar-refractivity contribution in [3.63, 3.8) is 0 Å². The van der Waals surface area contributed by atoms with Gasteiger partial charge in [0.2, 0.25) is 11.3 Å². The molecule has 2 aliphatic heterocycles. The smallest absolute Gasteiger partial charge is 0.245 e. The Morgan fingerprint density at radius 3 is 0.848 bits per heavy atom. The summed E-state index contributed by atoms with van der Waals surface area (Å²) in [5, 5.41) is 0. The minimum absolute atomic E-state index is 0.537. The Bertz CT molecular complexity index is 1850. The lowest BCUT2D eigenvalue weighted by Gasteiger charge is -2.36. The van der Waals surface area contributed by atoms with Crippen molar-refractivity contribution in [3.8, 4) is 0 Å². The average Bonchev–Trinajstić information content (AvgIpc) is 3.77. The first-order chi connectivity index (χ1) is 22.8. The van der Waals surface area contributed by atoms with E-state index in [0.717, 1.165) is 22.3 Å². The molecule has 46 heavy (non-hydrogen) atoms. The van der Waals surface area contributed by atoms with Gasteiger partial charge in [0.15, 0.2) is 0 Å². The van der Waals surface area contributed by atoms with Gasteiger partial charge in [0.1, 0.15) is 12.7 Å². The van der Waals surface area contributed by atoms with Gasteiger partial charge < -0.3 is 0 Å². The van der Waals surface area contributed by atoms with Gasteiger partial charge in [-0.1, -0.05) is 121 Å². The summed E-state index contributed by atoms with van der Waals surface area (Å²) in [7, 11) is 0. The fourth-order valence-electron chi connectivity index (χ4n) is 5.99. The Labute approximate surface area is 265 Å². The summed E-state index contributed by atoms with van der Waals surface area (Å²) in [5.74, 6) is 0. The van der Waals surface area contributed by atoms with E-state index >= 15 is 0 Å². The molecular weight excluding hydrogens is 568 g/mol. The van der Waals surface area contributed by atoms with E-state index in [1.54, 1.807) is 12.4 Å². The zero-order valence-electron chi connectivity index (χ0n) is 24.6. The molecule has 0 saturated carbocycles. The lowest BCUT2D eigenvalue weighted by Crippen LogP contribution is -2.44. The molecule has 0 atom stereocenters. The van der Waals surface area contributed by atoms with Crippen LogP contribution in [0.4, 0.5) is 0 Å². The molecule has 2 aliphatic rings. The molecular formula is C38H26N8. The topological polar surface area (TPSA) is 101 Å². The molecule has 0 fully saturated rings. The molecule has 218 valence electrons. The highest BCUT2D eigenvalue weighted by atomic mass is 15.3. The highest BCUT2D eigenvalue weighted by Crippen LogP contribution is 2.53. The number of aliphatic imine (C=N–C) groups is 4. The predicted octanol–water partition coefficient (Wildman–Crippen LogP) is 6.26. The number of benzene rings is 4. The molecule has 0 unspecified atom stereocenters. The Kier molecular flexibility index (Phi) is 6.72. The normalized spacial score (nSPS) is 16.3. The fourth-order valence-corrected chi connectivity index (χ4v) is 5.99. The second-order valence-electron chi connectivity index (χ2n) is 10.8. The Balaban J connectivity index is 1.52. The molecule has 0 amide bonds. The molecule has 8 heteroatoms. The van der Waals surface area contributed by atoms with Crippen LogP contribution in [0.2, 0.25) is 0 Å². The molecule has 0 bridgehead atoms. The minimum atomic E-state index is -1.50. The van der Waals surface area contributed by atoms with Crippen LogP contribution in [0.15, 0.2) is 178 Å². The van der Waals surface area contributed by atoms with Crippen molar-refractivity contribution < 1.29 is 0 Å². The summed E-state index contributed by atoms with van der Waals surface area (Å²) in [5.41, 5.74) is 4.55. The summed E-state index contributed by atoms with van der Waals surface area (Å²) in [6, 6.07) is 43.9. The molecule has 0 saturated heterocycles. The second-order valence-corrected chi connectivity index (χ2v) is 10.8. The standard InChI is InChI=1S/C38H26N8/c1-5-13-27(14-6-1)33-34(28-15-7-2-8-16-28)44-37(43-33,31-21-23-39-25-41-31)38(32-22-24-40-26-42-32)45-35(29-17-9-3-10-18-29)36(46-38)30-19-11-4-12-20-30/h1-26H. The van der Waals surface area contributed by atoms with Gasteiger partial charge in [0.25, 0.3) is 0 Å². The van der Waals surface area contributed by atoms with Crippen molar-refractivity contribution in [2.75, 3.05) is 0 Å². The van der Waals surface area contributed by atoms with Gasteiger partial charge >= 0.3 is 0 Å². The third kappa shape index (κ3) is 4.47. The molecule has 0 radical (unpaired) electrons. The lowest BCUT2D eigenvalue weighted by atomic mass is 9.87. The molecule has 0 aliphatic carbocycles. The van der Waals surface area contributed by atoms with Crippen LogP contribution in [0.1, 0.15) is 33.6 Å². The van der Waals surface area contributed by atoms with Crippen molar-refractivity contribution in [2.24, 2.45) is 20.0 Å². The van der Waals surface area contributed by atoms with Gasteiger partial charge in [-0.15, -0.1) is 0 Å². The number of hydrogen-bond acceptors (Lipinski definition) is 8. The number of aromatic nitrogens is 4. The van der Waals surface area contributed by atoms with Gasteiger partial charge in [0.05, 0.1) is 34.2 Å². The van der Waals surface area contributed by atoms with Crippen LogP contribution < -0.4 is 0 Å². The van der Waals surface area contributed by atoms with Crippen LogP contribution in [0.25, 0.3) is 0 Å². The summed E-state index contributed by atoms with van der Waals surface area (Å²) in [6.07, 6.45) is 6.42. The highest BCUT2D eigenvalue weighted by molar-refractivity contribution is 6.55. The van der Waals surface area contributed by atoms with E-state index in [1.165, 1.54) is 12.7 Å². The van der Waals surface area contributed by atoms with Crippen LogP contribution in [0, 0.1) is 0 Å². The van der Waals surface area contributed by atoms with E-state index in [1.807, 2.05) is 133 Å². The predicted molar refractivity (Wildman–Crippen MR) is 179 cm³/mol. The van der Waals surface area contributed by atoms with E-state index in [2.05, 4.69) is 9.97 Å². The van der Waals surface area contributed by atoms with Crippen LogP contribution in [0.5, 0.6) is 0 Å². The maximum absolute atomic E-state index is 5.55. The van der Waals surface area contributed by atoms with E-state index < -0.39 is 11.3 Å². The number of nitrogens with zero attached hydrogens (tertiary/aromatic N) is 8. The van der Waals surface area contributed by atoms with Crippen LogP contribution in [-0.4, -0.2) is 42.8 Å². The average molecular weight is 595 g/mol. The molecule has 6 aromatic rings. The van der Waals surface area contributed by atoms with Gasteiger partial charge in [0, 0.05) is 34.6 Å². The molecule has 8 nitrogen and oxygen atoms in total. The Hall–Kier alpha value is -6.28. The SMILES string of the molecule is c1ccc(C2=NC(c3ccncn3)(C3(c4ccncn4)N=C(c4ccccc4)C(c4ccccc4)=N3)N=C2c2ccccc2)cc1. The summed E-state index contributed by atoms with van der Waals surface area (Å²) >= 11 is 0. The van der Waals surface area contributed by atoms with Crippen LogP contribution in [0.3, 0.4) is 0 Å². The monoisotopic (exact) mass is 594 g/mol. The number of rotatable bonds is 7. The highest BCUT2D eigenvalue weighted by Gasteiger charge is 2.62. The quantitative estimate of drug-likeness (QED) is 0.218. The first-order valence-electron chi connectivity index (χ1n) is 14.9. The molecule has 8 rings (SSSR count). The molecule has 4 heterocycles. The first-order valence-corrected chi connectivity index (χ1v) is 14.9. The van der Waals surface area contributed by atoms with E-state index in [0.29, 0.717) is 34.2 Å². The minimum Gasteiger partial charge on any atom is -0.245 e. The maximum Gasteiger partial charge on any atom is 0.245 e. The van der Waals surface area contributed by atoms with E-state index in [-0.39, 0.29) is 0 Å². The first kappa shape index (κ1) is 27.3. The third-order valence-corrected chi connectivity index (χ3v) is 8.10. The zero-order valence-corrected chi connectivity index (χ0v) is 24.6. The molecule has 0 spiro atoms. The van der Waals surface area contributed by atoms with Gasteiger partial charge in [-0.05, 0) is 12.1 Å². The summed E-state index contributed by atoms with van der Waals surface area (Å²) in [4.78, 5) is 40.3. The Morgan fingerprint density at radius 1 is 0.326 bits per heavy atom. The summed E-state index contributed by atoms with van der Waals surface area (Å²) in [6.45, 7) is 0. The van der Waals surface area contributed by atoms with Crippen molar-refractivity contribution >= 4 is 22.8 Å². The van der Waals surface area contributed by atoms with Crippen LogP contribution >= 0.6 is 0 Å². The maximum atomic E-state index is 5.55. The van der Waals surface area contributed by atoms with Crippen molar-refractivity contribution in [1.82, 2.24) is 19.9 Å². The van der Waals surface area contributed by atoms with E-state index in [4.69, 9.17) is 29.9 Å². The Morgan fingerprint density at radius 2 is 0.609 bits per heavy atom. The molecule has 0 N–H and O–H groups in total. The largest absolute Gasteiger partial charge is 0.245 e. The van der Waals surface area contributed by atoms with Crippen LogP contribution in [-0.2, 0) is 11.3 Å². The molecule has 2 aromatic heterocycles. The lowest BCUT2D eigenvalue weighted by molar-refractivity contribution is 0.243. The number of hydrogen-bond donors (Lipinski definition) is 0. The van der Waals surface area contributed by atoms with Crippen molar-refractivity contribution in [1.29, 1.82) is 0 Å².